The van der Waals surface area contributed by atoms with E-state index in [0.29, 0.717) is 31.4 Å². The molecule has 1 heterocycles. The lowest BCUT2D eigenvalue weighted by molar-refractivity contribution is -0.144. The van der Waals surface area contributed by atoms with Crippen LogP contribution in [0.4, 0.5) is 13.2 Å². The van der Waals surface area contributed by atoms with Crippen molar-refractivity contribution in [3.8, 4) is 5.75 Å². The smallest absolute Gasteiger partial charge is 0.419 e. The van der Waals surface area contributed by atoms with Gasteiger partial charge < -0.3 is 14.2 Å². The summed E-state index contributed by atoms with van der Waals surface area (Å²) >= 11 is 0. The minimum Gasteiger partial charge on any atom is -0.496 e. The monoisotopic (exact) mass is 346 g/mol. The Balaban J connectivity index is 2.07. The van der Waals surface area contributed by atoms with Gasteiger partial charge in [-0.2, -0.15) is 13.2 Å². The Hall–Kier alpha value is -1.76. The van der Waals surface area contributed by atoms with Crippen molar-refractivity contribution in [2.24, 2.45) is 0 Å². The quantitative estimate of drug-likeness (QED) is 0.721. The lowest BCUT2D eigenvalue weighted by atomic mass is 10.0. The van der Waals surface area contributed by atoms with Gasteiger partial charge in [-0.1, -0.05) is 12.1 Å². The van der Waals surface area contributed by atoms with E-state index in [1.807, 2.05) is 0 Å². The second kappa shape index (κ2) is 7.88. The Bertz CT molecular complexity index is 571. The van der Waals surface area contributed by atoms with Crippen molar-refractivity contribution in [3.05, 3.63) is 29.3 Å². The van der Waals surface area contributed by atoms with Crippen molar-refractivity contribution >= 4 is 5.97 Å². The molecule has 1 aromatic rings. The van der Waals surface area contributed by atoms with E-state index < -0.39 is 17.8 Å². The number of carbonyl (C=O) groups excluding carboxylic acids is 1. The van der Waals surface area contributed by atoms with Gasteiger partial charge in [-0.15, -0.1) is 0 Å². The summed E-state index contributed by atoms with van der Waals surface area (Å²) in [7, 11) is 1.22. The molecule has 1 aliphatic heterocycles. The molecule has 1 fully saturated rings. The summed E-state index contributed by atoms with van der Waals surface area (Å²) in [5.74, 6) is -0.484. The average Bonchev–Trinajstić information content (AvgIpc) is 3.00. The molecule has 2 atom stereocenters. The number of para-hydroxylation sites is 1. The molecule has 0 N–H and O–H groups in total. The van der Waals surface area contributed by atoms with Gasteiger partial charge in [-0.25, -0.2) is 0 Å². The van der Waals surface area contributed by atoms with Gasteiger partial charge >= 0.3 is 12.1 Å². The third-order valence-electron chi connectivity index (χ3n) is 3.99. The second-order valence-corrected chi connectivity index (χ2v) is 5.59. The molecule has 4 nitrogen and oxygen atoms in total. The third kappa shape index (κ3) is 4.41. The summed E-state index contributed by atoms with van der Waals surface area (Å²) in [5, 5.41) is 0. The SMILES string of the molecule is CCOC(=O)CCC1CCC(c2cccc(C(F)(F)F)c2OC)O1. The Morgan fingerprint density at radius 3 is 2.71 bits per heavy atom. The normalized spacial score (nSPS) is 20.9. The van der Waals surface area contributed by atoms with Gasteiger partial charge in [-0.05, 0) is 32.3 Å². The Labute approximate surface area is 138 Å². The zero-order chi connectivity index (χ0) is 17.7. The lowest BCUT2D eigenvalue weighted by Gasteiger charge is -2.20. The van der Waals surface area contributed by atoms with E-state index in [1.54, 1.807) is 13.0 Å². The third-order valence-corrected chi connectivity index (χ3v) is 3.99. The second-order valence-electron chi connectivity index (χ2n) is 5.59. The average molecular weight is 346 g/mol. The fourth-order valence-electron chi connectivity index (χ4n) is 2.92. The number of methoxy groups -OCH3 is 1. The van der Waals surface area contributed by atoms with Crippen LogP contribution in [0.15, 0.2) is 18.2 Å². The predicted molar refractivity (Wildman–Crippen MR) is 80.7 cm³/mol. The highest BCUT2D eigenvalue weighted by molar-refractivity contribution is 5.69. The first-order valence-electron chi connectivity index (χ1n) is 7.92. The zero-order valence-corrected chi connectivity index (χ0v) is 13.7. The van der Waals surface area contributed by atoms with E-state index in [1.165, 1.54) is 13.2 Å². The summed E-state index contributed by atoms with van der Waals surface area (Å²) in [5.41, 5.74) is -0.410. The minimum atomic E-state index is -4.48. The number of esters is 1. The first-order chi connectivity index (χ1) is 11.4. The first-order valence-corrected chi connectivity index (χ1v) is 7.92. The summed E-state index contributed by atoms with van der Waals surface area (Å²) < 4.78 is 55.0. The molecule has 134 valence electrons. The van der Waals surface area contributed by atoms with Gasteiger partial charge in [0.2, 0.25) is 0 Å². The fraction of sp³-hybridized carbons (Fsp3) is 0.588. The Morgan fingerprint density at radius 2 is 2.08 bits per heavy atom. The van der Waals surface area contributed by atoms with Crippen molar-refractivity contribution in [1.82, 2.24) is 0 Å². The molecule has 7 heteroatoms. The van der Waals surface area contributed by atoms with Crippen molar-refractivity contribution in [2.45, 2.75) is 51.0 Å². The molecule has 0 saturated carbocycles. The Morgan fingerprint density at radius 1 is 1.33 bits per heavy atom. The maximum atomic E-state index is 13.1. The van der Waals surface area contributed by atoms with Crippen LogP contribution >= 0.6 is 0 Å². The van der Waals surface area contributed by atoms with Crippen LogP contribution in [0.1, 0.15) is 49.8 Å². The first kappa shape index (κ1) is 18.6. The molecule has 0 aromatic heterocycles. The molecule has 0 bridgehead atoms. The number of ether oxygens (including phenoxy) is 3. The number of hydrogen-bond acceptors (Lipinski definition) is 4. The molecule has 1 saturated heterocycles. The van der Waals surface area contributed by atoms with E-state index in [4.69, 9.17) is 14.2 Å². The summed E-state index contributed by atoms with van der Waals surface area (Å²) in [6.45, 7) is 2.06. The van der Waals surface area contributed by atoms with Crippen LogP contribution in [0, 0.1) is 0 Å². The number of rotatable bonds is 6. The number of carbonyl (C=O) groups is 1. The highest BCUT2D eigenvalue weighted by atomic mass is 19.4. The van der Waals surface area contributed by atoms with Crippen molar-refractivity contribution in [1.29, 1.82) is 0 Å². The molecule has 24 heavy (non-hydrogen) atoms. The van der Waals surface area contributed by atoms with Crippen molar-refractivity contribution < 1.29 is 32.2 Å². The Kier molecular flexibility index (Phi) is 6.10. The molecule has 0 spiro atoms. The highest BCUT2D eigenvalue weighted by Gasteiger charge is 2.37. The van der Waals surface area contributed by atoms with Crippen LogP contribution in [-0.4, -0.2) is 25.8 Å². The van der Waals surface area contributed by atoms with Gasteiger partial charge in [0, 0.05) is 12.0 Å². The molecule has 0 radical (unpaired) electrons. The summed E-state index contributed by atoms with van der Waals surface area (Å²) in [6, 6.07) is 3.94. The van der Waals surface area contributed by atoms with E-state index in [2.05, 4.69) is 0 Å². The van der Waals surface area contributed by atoms with Gasteiger partial charge in [0.25, 0.3) is 0 Å². The molecular weight excluding hydrogens is 325 g/mol. The van der Waals surface area contributed by atoms with Crippen LogP contribution in [0.25, 0.3) is 0 Å². The van der Waals surface area contributed by atoms with Crippen LogP contribution in [0.2, 0.25) is 0 Å². The zero-order valence-electron chi connectivity index (χ0n) is 13.7. The summed E-state index contributed by atoms with van der Waals surface area (Å²) in [4.78, 5) is 11.4. The van der Waals surface area contributed by atoms with E-state index in [-0.39, 0.29) is 24.2 Å². The molecule has 1 aliphatic rings. The van der Waals surface area contributed by atoms with Gasteiger partial charge in [-0.3, -0.25) is 4.79 Å². The van der Waals surface area contributed by atoms with Crippen LogP contribution in [0.5, 0.6) is 5.75 Å². The molecule has 2 unspecified atom stereocenters. The lowest BCUT2D eigenvalue weighted by Crippen LogP contribution is -2.13. The van der Waals surface area contributed by atoms with Crippen molar-refractivity contribution in [3.63, 3.8) is 0 Å². The van der Waals surface area contributed by atoms with E-state index in [0.717, 1.165) is 6.07 Å². The van der Waals surface area contributed by atoms with Gasteiger partial charge in [0.15, 0.2) is 0 Å². The molecule has 1 aromatic carbocycles. The highest BCUT2D eigenvalue weighted by Crippen LogP contribution is 2.44. The van der Waals surface area contributed by atoms with E-state index >= 15 is 0 Å². The van der Waals surface area contributed by atoms with E-state index in [9.17, 15) is 18.0 Å². The standard InChI is InChI=1S/C17H21F3O4/c1-3-23-15(21)10-8-11-7-9-14(24-11)12-5-4-6-13(16(12)22-2)17(18,19)20/h4-6,11,14H,3,7-10H2,1-2H3. The summed E-state index contributed by atoms with van der Waals surface area (Å²) in [6.07, 6.45) is -3.10. The molecule has 0 amide bonds. The topological polar surface area (TPSA) is 44.8 Å². The predicted octanol–water partition coefficient (Wildman–Crippen LogP) is 4.28. The maximum absolute atomic E-state index is 13.1. The maximum Gasteiger partial charge on any atom is 0.419 e. The number of alkyl halides is 3. The molecule has 0 aliphatic carbocycles. The minimum absolute atomic E-state index is 0.168. The number of halogens is 3. The van der Waals surface area contributed by atoms with Gasteiger partial charge in [0.1, 0.15) is 5.75 Å². The number of benzene rings is 1. The van der Waals surface area contributed by atoms with Crippen LogP contribution < -0.4 is 4.74 Å². The largest absolute Gasteiger partial charge is 0.496 e. The van der Waals surface area contributed by atoms with Crippen LogP contribution in [-0.2, 0) is 20.4 Å². The number of hydrogen-bond donors (Lipinski definition) is 0. The molecule has 2 rings (SSSR count). The molecular formula is C17H21F3O4. The van der Waals surface area contributed by atoms with Gasteiger partial charge in [0.05, 0.1) is 31.5 Å². The van der Waals surface area contributed by atoms with Crippen molar-refractivity contribution in [2.75, 3.05) is 13.7 Å². The fourth-order valence-corrected chi connectivity index (χ4v) is 2.92. The van der Waals surface area contributed by atoms with Crippen LogP contribution in [0.3, 0.4) is 0 Å².